The van der Waals surface area contributed by atoms with Crippen LogP contribution in [0.3, 0.4) is 0 Å². The molecule has 4 aromatic rings. The van der Waals surface area contributed by atoms with Crippen LogP contribution in [0.2, 0.25) is 0 Å². The van der Waals surface area contributed by atoms with Crippen molar-refractivity contribution in [1.82, 2.24) is 24.9 Å². The number of para-hydroxylation sites is 1. The number of carbonyl (C=O) groups is 1. The molecule has 0 unspecified atom stereocenters. The highest BCUT2D eigenvalue weighted by Crippen LogP contribution is 2.20. The molecule has 0 bridgehead atoms. The maximum absolute atomic E-state index is 12.8. The van der Waals surface area contributed by atoms with E-state index in [-0.39, 0.29) is 5.91 Å². The summed E-state index contributed by atoms with van der Waals surface area (Å²) in [5.74, 6) is -0.143. The largest absolute Gasteiger partial charge is 0.348 e. The molecule has 4 rings (SSSR count). The van der Waals surface area contributed by atoms with Gasteiger partial charge >= 0.3 is 0 Å². The third-order valence-corrected chi connectivity index (χ3v) is 5.23. The van der Waals surface area contributed by atoms with E-state index in [4.69, 9.17) is 0 Å². The van der Waals surface area contributed by atoms with Crippen molar-refractivity contribution in [3.05, 3.63) is 94.0 Å². The van der Waals surface area contributed by atoms with E-state index in [1.165, 1.54) is 0 Å². The molecule has 29 heavy (non-hydrogen) atoms. The average molecular weight is 450 g/mol. The Morgan fingerprint density at radius 2 is 1.76 bits per heavy atom. The first-order valence-electron chi connectivity index (χ1n) is 9.22. The Morgan fingerprint density at radius 3 is 2.48 bits per heavy atom. The number of hydrogen-bond acceptors (Lipinski definition) is 3. The van der Waals surface area contributed by atoms with Crippen LogP contribution in [-0.2, 0) is 6.54 Å². The van der Waals surface area contributed by atoms with Crippen molar-refractivity contribution in [1.29, 1.82) is 0 Å². The van der Waals surface area contributed by atoms with Gasteiger partial charge in [0, 0.05) is 22.8 Å². The summed E-state index contributed by atoms with van der Waals surface area (Å²) in [6.07, 6.45) is 3.68. The van der Waals surface area contributed by atoms with Gasteiger partial charge in [-0.2, -0.15) is 10.2 Å². The van der Waals surface area contributed by atoms with Gasteiger partial charge in [-0.15, -0.1) is 0 Å². The molecule has 0 saturated heterocycles. The number of nitrogens with zero attached hydrogens (tertiary/aromatic N) is 4. The molecule has 1 amide bonds. The molecule has 2 aromatic heterocycles. The third-order valence-electron chi connectivity index (χ3n) is 4.70. The summed E-state index contributed by atoms with van der Waals surface area (Å²) >= 11 is 3.44. The van der Waals surface area contributed by atoms with Gasteiger partial charge in [-0.1, -0.05) is 34.1 Å². The summed E-state index contributed by atoms with van der Waals surface area (Å²) in [5.41, 5.74) is 4.93. The molecule has 1 N–H and O–H groups in total. The Bertz CT molecular complexity index is 1150. The van der Waals surface area contributed by atoms with Crippen LogP contribution < -0.4 is 5.32 Å². The van der Waals surface area contributed by atoms with E-state index in [2.05, 4.69) is 31.4 Å². The molecule has 0 saturated carbocycles. The lowest BCUT2D eigenvalue weighted by Gasteiger charge is -2.06. The Morgan fingerprint density at radius 1 is 1.03 bits per heavy atom. The number of aryl methyl sites for hydroxylation is 1. The number of carbonyl (C=O) groups excluding carboxylic acids is 1. The van der Waals surface area contributed by atoms with E-state index >= 15 is 0 Å². The van der Waals surface area contributed by atoms with E-state index < -0.39 is 0 Å². The van der Waals surface area contributed by atoms with Gasteiger partial charge in [0.2, 0.25) is 0 Å². The fraction of sp³-hybridized carbons (Fsp3) is 0.136. The normalized spacial score (nSPS) is 10.9. The van der Waals surface area contributed by atoms with Crippen LogP contribution in [-0.4, -0.2) is 25.5 Å². The minimum absolute atomic E-state index is 0.143. The van der Waals surface area contributed by atoms with Crippen molar-refractivity contribution in [3.8, 4) is 11.4 Å². The summed E-state index contributed by atoms with van der Waals surface area (Å²) in [6, 6.07) is 17.7. The van der Waals surface area contributed by atoms with Crippen LogP contribution >= 0.6 is 15.9 Å². The monoisotopic (exact) mass is 449 g/mol. The van der Waals surface area contributed by atoms with Gasteiger partial charge in [-0.25, -0.2) is 9.36 Å². The highest BCUT2D eigenvalue weighted by Gasteiger charge is 2.19. The van der Waals surface area contributed by atoms with Crippen molar-refractivity contribution in [2.45, 2.75) is 20.4 Å². The maximum atomic E-state index is 12.8. The van der Waals surface area contributed by atoms with Crippen LogP contribution in [0, 0.1) is 13.8 Å². The first-order valence-corrected chi connectivity index (χ1v) is 10.0. The molecule has 6 nitrogen and oxygen atoms in total. The van der Waals surface area contributed by atoms with Crippen molar-refractivity contribution < 1.29 is 4.79 Å². The van der Waals surface area contributed by atoms with Crippen LogP contribution in [0.4, 0.5) is 0 Å². The van der Waals surface area contributed by atoms with Crippen LogP contribution in [0.5, 0.6) is 0 Å². The molecular formula is C22H20BrN5O. The van der Waals surface area contributed by atoms with Crippen molar-refractivity contribution in [3.63, 3.8) is 0 Å². The van der Waals surface area contributed by atoms with Crippen molar-refractivity contribution >= 4 is 21.8 Å². The molecule has 2 heterocycles. The number of rotatable bonds is 5. The fourth-order valence-corrected chi connectivity index (χ4v) is 3.51. The standard InChI is InChI=1S/C22H20BrN5O/c1-15-21(16(2)28(26-15)20-10-8-18(23)9-11-20)22(29)24-12-17-13-25-27(14-17)19-6-4-3-5-7-19/h3-11,13-14H,12H2,1-2H3,(H,24,29). The molecule has 0 spiro atoms. The topological polar surface area (TPSA) is 64.7 Å². The summed E-state index contributed by atoms with van der Waals surface area (Å²) in [5, 5.41) is 11.9. The molecule has 7 heteroatoms. The van der Waals surface area contributed by atoms with Gasteiger partial charge in [0.1, 0.15) is 0 Å². The summed E-state index contributed by atoms with van der Waals surface area (Å²) in [6.45, 7) is 4.16. The van der Waals surface area contributed by atoms with Gasteiger partial charge in [-0.3, -0.25) is 4.79 Å². The molecule has 0 fully saturated rings. The average Bonchev–Trinajstić information content (AvgIpc) is 3.32. The second kappa shape index (κ2) is 8.05. The van der Waals surface area contributed by atoms with Crippen molar-refractivity contribution in [2.75, 3.05) is 0 Å². The zero-order chi connectivity index (χ0) is 20.4. The van der Waals surface area contributed by atoms with Gasteiger partial charge < -0.3 is 5.32 Å². The Kier molecular flexibility index (Phi) is 5.31. The molecule has 0 aliphatic rings. The van der Waals surface area contributed by atoms with E-state index in [1.807, 2.05) is 74.6 Å². The molecular weight excluding hydrogens is 430 g/mol. The summed E-state index contributed by atoms with van der Waals surface area (Å²) in [7, 11) is 0. The zero-order valence-electron chi connectivity index (χ0n) is 16.1. The van der Waals surface area contributed by atoms with Gasteiger partial charge in [0.25, 0.3) is 5.91 Å². The lowest BCUT2D eigenvalue weighted by Crippen LogP contribution is -2.23. The third kappa shape index (κ3) is 4.00. The molecule has 0 radical (unpaired) electrons. The SMILES string of the molecule is Cc1nn(-c2ccc(Br)cc2)c(C)c1C(=O)NCc1cnn(-c2ccccc2)c1. The van der Waals surface area contributed by atoms with Gasteiger partial charge in [0.15, 0.2) is 0 Å². The van der Waals surface area contributed by atoms with E-state index in [0.29, 0.717) is 17.8 Å². The fourth-order valence-electron chi connectivity index (χ4n) is 3.25. The number of nitrogens with one attached hydrogen (secondary N) is 1. The summed E-state index contributed by atoms with van der Waals surface area (Å²) in [4.78, 5) is 12.8. The second-order valence-corrected chi connectivity index (χ2v) is 7.66. The minimum Gasteiger partial charge on any atom is -0.348 e. The minimum atomic E-state index is -0.143. The number of amides is 1. The number of hydrogen-bond donors (Lipinski definition) is 1. The first-order chi connectivity index (χ1) is 14.0. The lowest BCUT2D eigenvalue weighted by atomic mass is 10.2. The first kappa shape index (κ1) is 19.1. The highest BCUT2D eigenvalue weighted by molar-refractivity contribution is 9.10. The van der Waals surface area contributed by atoms with Gasteiger partial charge in [0.05, 0.1) is 34.5 Å². The Labute approximate surface area is 177 Å². The van der Waals surface area contributed by atoms with Crippen LogP contribution in [0.1, 0.15) is 27.3 Å². The maximum Gasteiger partial charge on any atom is 0.255 e. The number of halogens is 1. The van der Waals surface area contributed by atoms with Crippen molar-refractivity contribution in [2.24, 2.45) is 0 Å². The highest BCUT2D eigenvalue weighted by atomic mass is 79.9. The van der Waals surface area contributed by atoms with E-state index in [0.717, 1.165) is 27.1 Å². The van der Waals surface area contributed by atoms with Gasteiger partial charge in [-0.05, 0) is 50.2 Å². The quantitative estimate of drug-likeness (QED) is 0.491. The smallest absolute Gasteiger partial charge is 0.255 e. The Hall–Kier alpha value is -3.19. The molecule has 2 aromatic carbocycles. The van der Waals surface area contributed by atoms with Crippen LogP contribution in [0.15, 0.2) is 71.5 Å². The molecule has 0 atom stereocenters. The van der Waals surface area contributed by atoms with Crippen LogP contribution in [0.25, 0.3) is 11.4 Å². The van der Waals surface area contributed by atoms with E-state index in [9.17, 15) is 4.79 Å². The summed E-state index contributed by atoms with van der Waals surface area (Å²) < 4.78 is 4.59. The zero-order valence-corrected chi connectivity index (χ0v) is 17.7. The second-order valence-electron chi connectivity index (χ2n) is 6.75. The molecule has 0 aliphatic heterocycles. The number of benzene rings is 2. The van der Waals surface area contributed by atoms with E-state index in [1.54, 1.807) is 15.6 Å². The predicted molar refractivity (Wildman–Crippen MR) is 115 cm³/mol. The Balaban J connectivity index is 1.49. The number of aromatic nitrogens is 4. The lowest BCUT2D eigenvalue weighted by molar-refractivity contribution is 0.0949. The molecule has 146 valence electrons. The predicted octanol–water partition coefficient (Wildman–Crippen LogP) is 4.37. The molecule has 0 aliphatic carbocycles.